The van der Waals surface area contributed by atoms with Gasteiger partial charge in [-0.25, -0.2) is 0 Å². The Labute approximate surface area is 137 Å². The van der Waals surface area contributed by atoms with Crippen LogP contribution < -0.4 is 5.73 Å². The molecule has 0 radical (unpaired) electrons. The van der Waals surface area contributed by atoms with Crippen LogP contribution in [0.2, 0.25) is 0 Å². The van der Waals surface area contributed by atoms with Crippen molar-refractivity contribution < 1.29 is 0 Å². The van der Waals surface area contributed by atoms with E-state index in [1.54, 1.807) is 0 Å². The van der Waals surface area contributed by atoms with Crippen molar-refractivity contribution >= 4 is 0 Å². The highest BCUT2D eigenvalue weighted by Crippen LogP contribution is 2.31. The third-order valence-electron chi connectivity index (χ3n) is 5.19. The first kappa shape index (κ1) is 17.5. The Morgan fingerprint density at radius 1 is 1.09 bits per heavy atom. The van der Waals surface area contributed by atoms with E-state index < -0.39 is 0 Å². The lowest BCUT2D eigenvalue weighted by Crippen LogP contribution is -2.42. The number of likely N-dealkylation sites (N-methyl/N-ethyl adjacent to an activating group) is 1. The predicted molar refractivity (Wildman–Crippen MR) is 96.2 cm³/mol. The van der Waals surface area contributed by atoms with Crippen molar-refractivity contribution in [2.45, 2.75) is 77.3 Å². The number of benzene rings is 1. The van der Waals surface area contributed by atoms with Gasteiger partial charge in [0, 0.05) is 18.6 Å². The molecule has 1 unspecified atom stereocenters. The van der Waals surface area contributed by atoms with Gasteiger partial charge in [0.05, 0.1) is 0 Å². The summed E-state index contributed by atoms with van der Waals surface area (Å²) < 4.78 is 0. The molecule has 1 aliphatic carbocycles. The van der Waals surface area contributed by atoms with Gasteiger partial charge >= 0.3 is 0 Å². The van der Waals surface area contributed by atoms with Gasteiger partial charge in [0.1, 0.15) is 0 Å². The van der Waals surface area contributed by atoms with E-state index in [-0.39, 0.29) is 5.41 Å². The lowest BCUT2D eigenvalue weighted by molar-refractivity contribution is 0.114. The van der Waals surface area contributed by atoms with Gasteiger partial charge in [0.15, 0.2) is 0 Å². The van der Waals surface area contributed by atoms with Crippen molar-refractivity contribution in [1.29, 1.82) is 0 Å². The van der Waals surface area contributed by atoms with Crippen LogP contribution in [0.25, 0.3) is 0 Å². The van der Waals surface area contributed by atoms with Crippen LogP contribution in [0.5, 0.6) is 0 Å². The van der Waals surface area contributed by atoms with Gasteiger partial charge in [-0.3, -0.25) is 4.90 Å². The van der Waals surface area contributed by atoms with Crippen LogP contribution in [0.4, 0.5) is 0 Å². The fourth-order valence-corrected chi connectivity index (χ4v) is 3.81. The molecular formula is C20H34N2. The zero-order valence-corrected chi connectivity index (χ0v) is 14.9. The second-order valence-corrected chi connectivity index (χ2v) is 7.75. The van der Waals surface area contributed by atoms with E-state index in [2.05, 4.69) is 56.9 Å². The Kier molecular flexibility index (Phi) is 6.05. The number of nitrogens with zero attached hydrogens (tertiary/aromatic N) is 1. The van der Waals surface area contributed by atoms with Crippen molar-refractivity contribution in [3.63, 3.8) is 0 Å². The summed E-state index contributed by atoms with van der Waals surface area (Å²) in [7, 11) is 0. The molecule has 0 bridgehead atoms. The zero-order valence-electron chi connectivity index (χ0n) is 14.9. The summed E-state index contributed by atoms with van der Waals surface area (Å²) in [6.07, 6.45) is 6.83. The molecule has 0 heterocycles. The maximum absolute atomic E-state index is 6.17. The molecule has 0 spiro atoms. The Morgan fingerprint density at radius 3 is 2.14 bits per heavy atom. The first-order valence-electron chi connectivity index (χ1n) is 9.03. The highest BCUT2D eigenvalue weighted by atomic mass is 15.2. The molecule has 1 aromatic rings. The Bertz CT molecular complexity index is 438. The first-order valence-corrected chi connectivity index (χ1v) is 9.03. The largest absolute Gasteiger partial charge is 0.329 e. The third kappa shape index (κ3) is 4.11. The van der Waals surface area contributed by atoms with Gasteiger partial charge in [-0.15, -0.1) is 0 Å². The molecular weight excluding hydrogens is 268 g/mol. The van der Waals surface area contributed by atoms with Crippen LogP contribution in [-0.4, -0.2) is 24.0 Å². The Balaban J connectivity index is 2.18. The molecule has 0 aromatic heterocycles. The van der Waals surface area contributed by atoms with E-state index in [0.29, 0.717) is 12.6 Å². The number of nitrogens with two attached hydrogens (primary N) is 1. The number of hydrogen-bond acceptors (Lipinski definition) is 2. The van der Waals surface area contributed by atoms with Crippen molar-refractivity contribution in [2.24, 2.45) is 5.73 Å². The normalized spacial score (nSPS) is 18.6. The summed E-state index contributed by atoms with van der Waals surface area (Å²) in [6, 6.07) is 10.2. The van der Waals surface area contributed by atoms with Gasteiger partial charge in [-0.05, 0) is 35.9 Å². The molecule has 0 amide bonds. The van der Waals surface area contributed by atoms with Gasteiger partial charge in [0.25, 0.3) is 0 Å². The van der Waals surface area contributed by atoms with Crippen molar-refractivity contribution in [3.05, 3.63) is 35.4 Å². The molecule has 1 atom stereocenters. The molecule has 2 nitrogen and oxygen atoms in total. The molecule has 1 aliphatic rings. The summed E-state index contributed by atoms with van der Waals surface area (Å²) in [6.45, 7) is 10.9. The molecule has 124 valence electrons. The standard InChI is InChI=1S/C20H34N2/c1-5-22(18-9-7-6-8-10-18)19(15-21)16-11-13-17(14-12-16)20(2,3)4/h11-14,18-19H,5-10,15,21H2,1-4H3. The third-order valence-corrected chi connectivity index (χ3v) is 5.19. The van der Waals surface area contributed by atoms with Crippen molar-refractivity contribution in [2.75, 3.05) is 13.1 Å². The van der Waals surface area contributed by atoms with E-state index >= 15 is 0 Å². The molecule has 1 saturated carbocycles. The summed E-state index contributed by atoms with van der Waals surface area (Å²) in [4.78, 5) is 2.64. The van der Waals surface area contributed by atoms with E-state index in [1.807, 2.05) is 0 Å². The van der Waals surface area contributed by atoms with Gasteiger partial charge in [0.2, 0.25) is 0 Å². The topological polar surface area (TPSA) is 29.3 Å². The van der Waals surface area contributed by atoms with Crippen LogP contribution in [0.3, 0.4) is 0 Å². The zero-order chi connectivity index (χ0) is 16.2. The van der Waals surface area contributed by atoms with Gasteiger partial charge < -0.3 is 5.73 Å². The minimum atomic E-state index is 0.213. The van der Waals surface area contributed by atoms with Crippen molar-refractivity contribution in [3.8, 4) is 0 Å². The van der Waals surface area contributed by atoms with Crippen molar-refractivity contribution in [1.82, 2.24) is 4.90 Å². The van der Waals surface area contributed by atoms with Crippen LogP contribution in [0.15, 0.2) is 24.3 Å². The fraction of sp³-hybridized carbons (Fsp3) is 0.700. The molecule has 2 rings (SSSR count). The molecule has 1 aromatic carbocycles. The first-order chi connectivity index (χ1) is 10.5. The minimum Gasteiger partial charge on any atom is -0.329 e. The second kappa shape index (κ2) is 7.61. The molecule has 1 fully saturated rings. The maximum Gasteiger partial charge on any atom is 0.0473 e. The predicted octanol–water partition coefficient (Wildman–Crippen LogP) is 4.64. The monoisotopic (exact) mass is 302 g/mol. The smallest absolute Gasteiger partial charge is 0.0473 e. The van der Waals surface area contributed by atoms with Gasteiger partial charge in [-0.2, -0.15) is 0 Å². The molecule has 22 heavy (non-hydrogen) atoms. The average Bonchev–Trinajstić information content (AvgIpc) is 2.52. The highest BCUT2D eigenvalue weighted by molar-refractivity contribution is 5.29. The van der Waals surface area contributed by atoms with E-state index in [0.717, 1.165) is 12.6 Å². The molecule has 0 saturated heterocycles. The van der Waals surface area contributed by atoms with Crippen LogP contribution in [0.1, 0.15) is 77.0 Å². The molecule has 2 heteroatoms. The number of hydrogen-bond donors (Lipinski definition) is 1. The lowest BCUT2D eigenvalue weighted by Gasteiger charge is -2.39. The summed E-state index contributed by atoms with van der Waals surface area (Å²) >= 11 is 0. The van der Waals surface area contributed by atoms with Crippen LogP contribution >= 0.6 is 0 Å². The summed E-state index contributed by atoms with van der Waals surface area (Å²) in [5.74, 6) is 0. The average molecular weight is 303 g/mol. The lowest BCUT2D eigenvalue weighted by atomic mass is 9.86. The fourth-order valence-electron chi connectivity index (χ4n) is 3.81. The van der Waals surface area contributed by atoms with Gasteiger partial charge in [-0.1, -0.05) is 71.2 Å². The number of rotatable bonds is 5. The van der Waals surface area contributed by atoms with Crippen LogP contribution in [0, 0.1) is 0 Å². The van der Waals surface area contributed by atoms with E-state index in [1.165, 1.54) is 43.2 Å². The second-order valence-electron chi connectivity index (χ2n) is 7.75. The SMILES string of the molecule is CCN(C1CCCCC1)C(CN)c1ccc(C(C)(C)C)cc1. The summed E-state index contributed by atoms with van der Waals surface area (Å²) in [5.41, 5.74) is 9.16. The quantitative estimate of drug-likeness (QED) is 0.858. The highest BCUT2D eigenvalue weighted by Gasteiger charge is 2.27. The van der Waals surface area contributed by atoms with Crippen LogP contribution in [-0.2, 0) is 5.41 Å². The maximum atomic E-state index is 6.17. The Hall–Kier alpha value is -0.860. The van der Waals surface area contributed by atoms with E-state index in [9.17, 15) is 0 Å². The minimum absolute atomic E-state index is 0.213. The molecule has 2 N–H and O–H groups in total. The Morgan fingerprint density at radius 2 is 1.68 bits per heavy atom. The van der Waals surface area contributed by atoms with E-state index in [4.69, 9.17) is 5.73 Å². The summed E-state index contributed by atoms with van der Waals surface area (Å²) in [5, 5.41) is 0. The molecule has 0 aliphatic heterocycles.